The van der Waals surface area contributed by atoms with Crippen LogP contribution in [0.15, 0.2) is 35.2 Å². The summed E-state index contributed by atoms with van der Waals surface area (Å²) in [5.41, 5.74) is 0.331. The number of nitrogens with zero attached hydrogens (tertiary/aromatic N) is 1. The average Bonchev–Trinajstić information content (AvgIpc) is 2.61. The number of hydrogen-bond acceptors (Lipinski definition) is 6. The Morgan fingerprint density at radius 3 is 2.56 bits per heavy atom. The van der Waals surface area contributed by atoms with Crippen molar-refractivity contribution in [1.29, 1.82) is 5.26 Å². The van der Waals surface area contributed by atoms with Crippen molar-refractivity contribution in [3.8, 4) is 17.6 Å². The van der Waals surface area contributed by atoms with Crippen LogP contribution in [0, 0.1) is 23.0 Å². The molecule has 0 bridgehead atoms. The van der Waals surface area contributed by atoms with Crippen LogP contribution < -0.4 is 4.74 Å². The molecule has 0 N–H and O–H groups in total. The molecule has 0 heterocycles. The first-order valence-corrected chi connectivity index (χ1v) is 8.60. The van der Waals surface area contributed by atoms with E-state index in [0.717, 1.165) is 30.0 Å². The van der Waals surface area contributed by atoms with Crippen LogP contribution >= 0.6 is 11.8 Å². The first kappa shape index (κ1) is 20.4. The van der Waals surface area contributed by atoms with Gasteiger partial charge in [-0.3, -0.25) is 9.59 Å². The van der Waals surface area contributed by atoms with Crippen LogP contribution in [0.2, 0.25) is 0 Å². The SMILES string of the molecule is COC(=O)CCc1cc(SC(C)=O)cc(F)c1Oc1cc(F)cc(C#N)c1. The molecule has 140 valence electrons. The van der Waals surface area contributed by atoms with Crippen LogP contribution in [0.3, 0.4) is 0 Å². The van der Waals surface area contributed by atoms with Gasteiger partial charge in [-0.1, -0.05) is 11.8 Å². The van der Waals surface area contributed by atoms with Gasteiger partial charge in [-0.2, -0.15) is 5.26 Å². The summed E-state index contributed by atoms with van der Waals surface area (Å²) in [7, 11) is 1.23. The van der Waals surface area contributed by atoms with Crippen molar-refractivity contribution in [3.63, 3.8) is 0 Å². The van der Waals surface area contributed by atoms with Crippen molar-refractivity contribution in [2.75, 3.05) is 7.11 Å². The van der Waals surface area contributed by atoms with Gasteiger partial charge in [0, 0.05) is 24.3 Å². The van der Waals surface area contributed by atoms with Gasteiger partial charge < -0.3 is 9.47 Å². The second kappa shape index (κ2) is 9.14. The summed E-state index contributed by atoms with van der Waals surface area (Å²) < 4.78 is 38.3. The van der Waals surface area contributed by atoms with E-state index in [1.54, 1.807) is 6.07 Å². The topological polar surface area (TPSA) is 76.4 Å². The molecule has 0 aromatic heterocycles. The molecule has 0 aliphatic carbocycles. The Bertz CT molecular complexity index is 925. The van der Waals surface area contributed by atoms with Gasteiger partial charge in [0.1, 0.15) is 11.6 Å². The van der Waals surface area contributed by atoms with Crippen LogP contribution in [-0.4, -0.2) is 18.2 Å². The number of aryl methyl sites for hydroxylation is 1. The van der Waals surface area contributed by atoms with E-state index in [9.17, 15) is 18.4 Å². The van der Waals surface area contributed by atoms with E-state index < -0.39 is 17.6 Å². The first-order chi connectivity index (χ1) is 12.8. The maximum Gasteiger partial charge on any atom is 0.305 e. The van der Waals surface area contributed by atoms with Crippen molar-refractivity contribution in [1.82, 2.24) is 0 Å². The number of esters is 1. The summed E-state index contributed by atoms with van der Waals surface area (Å²) in [6, 6.07) is 7.74. The molecule has 0 aliphatic heterocycles. The predicted octanol–water partition coefficient (Wildman–Crippen LogP) is 4.37. The van der Waals surface area contributed by atoms with Crippen LogP contribution in [-0.2, 0) is 20.7 Å². The van der Waals surface area contributed by atoms with Crippen LogP contribution in [0.4, 0.5) is 8.78 Å². The molecule has 0 saturated heterocycles. The maximum atomic E-state index is 14.6. The Hall–Kier alpha value is -2.92. The number of benzene rings is 2. The molecule has 0 spiro atoms. The molecule has 0 amide bonds. The summed E-state index contributed by atoms with van der Waals surface area (Å²) >= 11 is 0.837. The largest absolute Gasteiger partial charge is 0.469 e. The number of ether oxygens (including phenoxy) is 2. The molecule has 27 heavy (non-hydrogen) atoms. The maximum absolute atomic E-state index is 14.6. The Morgan fingerprint density at radius 1 is 1.19 bits per heavy atom. The second-order valence-electron chi connectivity index (χ2n) is 5.45. The van der Waals surface area contributed by atoms with E-state index in [0.29, 0.717) is 10.5 Å². The monoisotopic (exact) mass is 391 g/mol. The van der Waals surface area contributed by atoms with Gasteiger partial charge in [0.05, 0.1) is 18.7 Å². The third-order valence-electron chi connectivity index (χ3n) is 3.40. The number of carbonyl (C=O) groups is 2. The molecule has 0 atom stereocenters. The first-order valence-electron chi connectivity index (χ1n) is 7.78. The zero-order valence-electron chi connectivity index (χ0n) is 14.5. The molecule has 2 aromatic rings. The summed E-state index contributed by atoms with van der Waals surface area (Å²) in [6.07, 6.45) is 0.0543. The number of carbonyl (C=O) groups excluding carboxylic acids is 2. The number of methoxy groups -OCH3 is 1. The lowest BCUT2D eigenvalue weighted by molar-refractivity contribution is -0.140. The smallest absolute Gasteiger partial charge is 0.305 e. The van der Waals surface area contributed by atoms with Crippen molar-refractivity contribution >= 4 is 22.8 Å². The highest BCUT2D eigenvalue weighted by molar-refractivity contribution is 8.13. The molecule has 8 heteroatoms. The fourth-order valence-electron chi connectivity index (χ4n) is 2.29. The molecule has 0 radical (unpaired) electrons. The van der Waals surface area contributed by atoms with Crippen LogP contribution in [0.5, 0.6) is 11.5 Å². The van der Waals surface area contributed by atoms with Crippen molar-refractivity contribution in [2.24, 2.45) is 0 Å². The molecule has 0 saturated carbocycles. The van der Waals surface area contributed by atoms with Crippen molar-refractivity contribution < 1.29 is 27.8 Å². The molecule has 0 unspecified atom stereocenters. The molecule has 5 nitrogen and oxygen atoms in total. The van der Waals surface area contributed by atoms with Crippen LogP contribution in [0.25, 0.3) is 0 Å². The number of hydrogen-bond donors (Lipinski definition) is 0. The molecule has 2 rings (SSSR count). The van der Waals surface area contributed by atoms with Crippen molar-refractivity contribution in [3.05, 3.63) is 53.1 Å². The van der Waals surface area contributed by atoms with E-state index in [4.69, 9.17) is 10.00 Å². The zero-order chi connectivity index (χ0) is 20.0. The minimum absolute atomic E-state index is 0.0188. The Morgan fingerprint density at radius 2 is 1.93 bits per heavy atom. The molecule has 0 aliphatic rings. The number of rotatable bonds is 6. The van der Waals surface area contributed by atoms with E-state index in [2.05, 4.69) is 4.74 Å². The summed E-state index contributed by atoms with van der Waals surface area (Å²) in [6.45, 7) is 1.34. The number of nitriles is 1. The van der Waals surface area contributed by atoms with Gasteiger partial charge >= 0.3 is 5.97 Å². The Balaban J connectivity index is 2.43. The van der Waals surface area contributed by atoms with E-state index in [1.165, 1.54) is 26.2 Å². The third-order valence-corrected chi connectivity index (χ3v) is 4.16. The minimum atomic E-state index is -0.774. The van der Waals surface area contributed by atoms with Gasteiger partial charge in [-0.25, -0.2) is 8.78 Å². The standard InChI is InChI=1S/C19H15F2NO4S/c1-11(23)27-16-7-13(3-4-18(24)25-2)19(17(21)9-16)26-15-6-12(10-22)5-14(20)8-15/h5-9H,3-4H2,1-2H3. The Labute approximate surface area is 158 Å². The average molecular weight is 391 g/mol. The predicted molar refractivity (Wildman–Crippen MR) is 94.5 cm³/mol. The molecule has 2 aromatic carbocycles. The van der Waals surface area contributed by atoms with E-state index in [-0.39, 0.29) is 35.0 Å². The number of thioether (sulfide) groups is 1. The molecule has 0 fully saturated rings. The minimum Gasteiger partial charge on any atom is -0.469 e. The lowest BCUT2D eigenvalue weighted by atomic mass is 10.1. The van der Waals surface area contributed by atoms with Gasteiger partial charge in [-0.05, 0) is 36.2 Å². The fraction of sp³-hybridized carbons (Fsp3) is 0.211. The van der Waals surface area contributed by atoms with Gasteiger partial charge in [0.2, 0.25) is 0 Å². The quantitative estimate of drug-likeness (QED) is 0.538. The highest BCUT2D eigenvalue weighted by Crippen LogP contribution is 2.34. The zero-order valence-corrected chi connectivity index (χ0v) is 15.4. The number of halogens is 2. The van der Waals surface area contributed by atoms with E-state index in [1.807, 2.05) is 0 Å². The van der Waals surface area contributed by atoms with Crippen LogP contribution in [0.1, 0.15) is 24.5 Å². The lowest BCUT2D eigenvalue weighted by Crippen LogP contribution is -2.04. The van der Waals surface area contributed by atoms with Crippen molar-refractivity contribution in [2.45, 2.75) is 24.7 Å². The summed E-state index contributed by atoms with van der Waals surface area (Å²) in [5.74, 6) is -2.24. The highest BCUT2D eigenvalue weighted by Gasteiger charge is 2.17. The Kier molecular flexibility index (Phi) is 6.91. The fourth-order valence-corrected chi connectivity index (χ4v) is 2.99. The van der Waals surface area contributed by atoms with E-state index >= 15 is 0 Å². The lowest BCUT2D eigenvalue weighted by Gasteiger charge is -2.14. The molecular weight excluding hydrogens is 376 g/mol. The normalized spacial score (nSPS) is 10.2. The van der Waals surface area contributed by atoms with Gasteiger partial charge in [0.25, 0.3) is 0 Å². The van der Waals surface area contributed by atoms with Gasteiger partial charge in [0.15, 0.2) is 16.7 Å². The molecular formula is C19H15F2NO4S. The van der Waals surface area contributed by atoms with Gasteiger partial charge in [-0.15, -0.1) is 0 Å². The summed E-state index contributed by atoms with van der Waals surface area (Å²) in [4.78, 5) is 23.1. The third kappa shape index (κ3) is 5.79. The summed E-state index contributed by atoms with van der Waals surface area (Å²) in [5, 5.41) is 8.69. The highest BCUT2D eigenvalue weighted by atomic mass is 32.2. The second-order valence-corrected chi connectivity index (χ2v) is 6.70.